The van der Waals surface area contributed by atoms with Gasteiger partial charge in [-0.3, -0.25) is 4.79 Å². The van der Waals surface area contributed by atoms with Crippen molar-refractivity contribution in [1.82, 2.24) is 10.2 Å². The second-order valence-corrected chi connectivity index (χ2v) is 4.99. The van der Waals surface area contributed by atoms with Gasteiger partial charge in [-0.05, 0) is 44.6 Å². The van der Waals surface area contributed by atoms with Gasteiger partial charge in [0.2, 0.25) is 5.91 Å². The van der Waals surface area contributed by atoms with Crippen LogP contribution in [0.4, 0.5) is 5.69 Å². The third-order valence-electron chi connectivity index (χ3n) is 3.60. The van der Waals surface area contributed by atoms with Crippen molar-refractivity contribution >= 4 is 11.6 Å². The van der Waals surface area contributed by atoms with Crippen molar-refractivity contribution < 1.29 is 4.79 Å². The van der Waals surface area contributed by atoms with Gasteiger partial charge in [-0.25, -0.2) is 0 Å². The van der Waals surface area contributed by atoms with Gasteiger partial charge in [0.1, 0.15) is 0 Å². The van der Waals surface area contributed by atoms with E-state index in [0.29, 0.717) is 6.54 Å². The summed E-state index contributed by atoms with van der Waals surface area (Å²) in [4.78, 5) is 14.3. The van der Waals surface area contributed by atoms with Crippen LogP contribution in [0.3, 0.4) is 0 Å². The molecule has 0 atom stereocenters. The zero-order valence-electron chi connectivity index (χ0n) is 10.9. The number of piperidine rings is 1. The molecule has 18 heavy (non-hydrogen) atoms. The molecular formula is C14H21N3O. The number of rotatable bonds is 3. The third kappa shape index (κ3) is 3.23. The highest BCUT2D eigenvalue weighted by molar-refractivity contribution is 5.78. The fraction of sp³-hybridized carbons (Fsp3) is 0.500. The summed E-state index contributed by atoms with van der Waals surface area (Å²) in [6.45, 7) is 2.54. The molecule has 1 aliphatic rings. The first-order valence-electron chi connectivity index (χ1n) is 6.46. The molecular weight excluding hydrogens is 226 g/mol. The Morgan fingerprint density at radius 2 is 2.06 bits per heavy atom. The molecule has 1 aromatic rings. The molecule has 0 saturated carbocycles. The van der Waals surface area contributed by atoms with Gasteiger partial charge in [0, 0.05) is 18.2 Å². The van der Waals surface area contributed by atoms with Gasteiger partial charge in [-0.2, -0.15) is 0 Å². The number of anilines is 1. The number of nitrogens with two attached hydrogens (primary N) is 1. The van der Waals surface area contributed by atoms with Gasteiger partial charge >= 0.3 is 0 Å². The molecule has 3 N–H and O–H groups in total. The van der Waals surface area contributed by atoms with Crippen molar-refractivity contribution in [2.24, 2.45) is 5.92 Å². The fourth-order valence-electron chi connectivity index (χ4n) is 2.29. The number of carbonyl (C=O) groups excluding carboxylic acids is 1. The highest BCUT2D eigenvalue weighted by atomic mass is 16.1. The summed E-state index contributed by atoms with van der Waals surface area (Å²) >= 11 is 0. The number of nitrogens with one attached hydrogen (secondary N) is 1. The molecule has 1 aromatic carbocycles. The number of hydrogen-bond acceptors (Lipinski definition) is 3. The lowest BCUT2D eigenvalue weighted by Gasteiger charge is -2.28. The van der Waals surface area contributed by atoms with Gasteiger partial charge in [0.05, 0.1) is 0 Å². The van der Waals surface area contributed by atoms with Gasteiger partial charge in [-0.1, -0.05) is 18.2 Å². The first-order valence-corrected chi connectivity index (χ1v) is 6.46. The predicted octanol–water partition coefficient (Wildman–Crippen LogP) is 1.23. The van der Waals surface area contributed by atoms with E-state index in [2.05, 4.69) is 17.3 Å². The minimum Gasteiger partial charge on any atom is -0.398 e. The van der Waals surface area contributed by atoms with E-state index >= 15 is 0 Å². The monoisotopic (exact) mass is 247 g/mol. The lowest BCUT2D eigenvalue weighted by atomic mass is 9.96. The molecule has 0 unspecified atom stereocenters. The fourth-order valence-corrected chi connectivity index (χ4v) is 2.29. The average molecular weight is 247 g/mol. The summed E-state index contributed by atoms with van der Waals surface area (Å²) in [6.07, 6.45) is 1.90. The number of para-hydroxylation sites is 1. The summed E-state index contributed by atoms with van der Waals surface area (Å²) in [6, 6.07) is 7.65. The summed E-state index contributed by atoms with van der Waals surface area (Å²) in [7, 11) is 2.10. The van der Waals surface area contributed by atoms with Crippen LogP contribution in [-0.4, -0.2) is 30.9 Å². The van der Waals surface area contributed by atoms with Gasteiger partial charge < -0.3 is 16.0 Å². The van der Waals surface area contributed by atoms with Crippen LogP contribution in [-0.2, 0) is 11.3 Å². The molecule has 1 heterocycles. The van der Waals surface area contributed by atoms with E-state index in [9.17, 15) is 4.79 Å². The maximum absolute atomic E-state index is 12.0. The van der Waals surface area contributed by atoms with E-state index in [0.717, 1.165) is 37.2 Å². The van der Waals surface area contributed by atoms with Crippen molar-refractivity contribution in [2.45, 2.75) is 19.4 Å². The van der Waals surface area contributed by atoms with Crippen LogP contribution >= 0.6 is 0 Å². The molecule has 4 nitrogen and oxygen atoms in total. The highest BCUT2D eigenvalue weighted by Crippen LogP contribution is 2.16. The molecule has 0 aromatic heterocycles. The Morgan fingerprint density at radius 1 is 1.39 bits per heavy atom. The molecule has 1 amide bonds. The standard InChI is InChI=1S/C14H21N3O/c1-17-8-6-11(7-9-17)14(18)16-10-12-4-2-3-5-13(12)15/h2-5,11H,6-10,15H2,1H3,(H,16,18). The van der Waals surface area contributed by atoms with Crippen LogP contribution in [0.2, 0.25) is 0 Å². The van der Waals surface area contributed by atoms with Gasteiger partial charge in [0.25, 0.3) is 0 Å². The van der Waals surface area contributed by atoms with E-state index in [1.54, 1.807) is 0 Å². The number of nitrogens with zero attached hydrogens (tertiary/aromatic N) is 1. The Kier molecular flexibility index (Phi) is 4.20. The van der Waals surface area contributed by atoms with Crippen LogP contribution < -0.4 is 11.1 Å². The Labute approximate surface area is 108 Å². The molecule has 0 spiro atoms. The van der Waals surface area contributed by atoms with Crippen LogP contribution in [0.5, 0.6) is 0 Å². The molecule has 4 heteroatoms. The van der Waals surface area contributed by atoms with Crippen molar-refractivity contribution in [3.05, 3.63) is 29.8 Å². The van der Waals surface area contributed by atoms with Crippen LogP contribution in [0, 0.1) is 5.92 Å². The normalized spacial score (nSPS) is 17.6. The van der Waals surface area contributed by atoms with Crippen molar-refractivity contribution in [3.63, 3.8) is 0 Å². The Bertz CT molecular complexity index is 411. The smallest absolute Gasteiger partial charge is 0.223 e. The highest BCUT2D eigenvalue weighted by Gasteiger charge is 2.22. The zero-order chi connectivity index (χ0) is 13.0. The van der Waals surface area contributed by atoms with E-state index in [1.165, 1.54) is 0 Å². The molecule has 2 rings (SSSR count). The quantitative estimate of drug-likeness (QED) is 0.790. The van der Waals surface area contributed by atoms with Gasteiger partial charge in [0.15, 0.2) is 0 Å². The maximum Gasteiger partial charge on any atom is 0.223 e. The second-order valence-electron chi connectivity index (χ2n) is 4.99. The van der Waals surface area contributed by atoms with E-state index in [4.69, 9.17) is 5.73 Å². The SMILES string of the molecule is CN1CCC(C(=O)NCc2ccccc2N)CC1. The average Bonchev–Trinajstić information content (AvgIpc) is 2.38. The minimum absolute atomic E-state index is 0.158. The van der Waals surface area contributed by atoms with Crippen molar-refractivity contribution in [3.8, 4) is 0 Å². The number of likely N-dealkylation sites (tertiary alicyclic amines) is 1. The largest absolute Gasteiger partial charge is 0.398 e. The third-order valence-corrected chi connectivity index (χ3v) is 3.60. The lowest BCUT2D eigenvalue weighted by molar-refractivity contribution is -0.126. The van der Waals surface area contributed by atoms with Crippen LogP contribution in [0.15, 0.2) is 24.3 Å². The molecule has 1 fully saturated rings. The number of amides is 1. The summed E-state index contributed by atoms with van der Waals surface area (Å²) in [5, 5.41) is 2.99. The van der Waals surface area contributed by atoms with Crippen LogP contribution in [0.1, 0.15) is 18.4 Å². The molecule has 1 aliphatic heterocycles. The van der Waals surface area contributed by atoms with E-state index in [-0.39, 0.29) is 11.8 Å². The predicted molar refractivity (Wildman–Crippen MR) is 72.9 cm³/mol. The zero-order valence-corrected chi connectivity index (χ0v) is 10.9. The summed E-state index contributed by atoms with van der Waals surface area (Å²) in [5.41, 5.74) is 7.57. The number of hydrogen-bond donors (Lipinski definition) is 2. The van der Waals surface area contributed by atoms with Crippen molar-refractivity contribution in [1.29, 1.82) is 0 Å². The summed E-state index contributed by atoms with van der Waals surface area (Å²) < 4.78 is 0. The molecule has 98 valence electrons. The second kappa shape index (κ2) is 5.87. The maximum atomic E-state index is 12.0. The molecule has 0 bridgehead atoms. The van der Waals surface area contributed by atoms with Gasteiger partial charge in [-0.15, -0.1) is 0 Å². The van der Waals surface area contributed by atoms with Crippen molar-refractivity contribution in [2.75, 3.05) is 25.9 Å². The number of benzene rings is 1. The van der Waals surface area contributed by atoms with E-state index < -0.39 is 0 Å². The Hall–Kier alpha value is -1.55. The van der Waals surface area contributed by atoms with Crippen LogP contribution in [0.25, 0.3) is 0 Å². The lowest BCUT2D eigenvalue weighted by Crippen LogP contribution is -2.38. The van der Waals surface area contributed by atoms with E-state index in [1.807, 2.05) is 24.3 Å². The Balaban J connectivity index is 1.83. The number of nitrogen functional groups attached to an aromatic ring is 1. The first kappa shape index (κ1) is 12.9. The molecule has 0 aliphatic carbocycles. The minimum atomic E-state index is 0.158. The number of carbonyl (C=O) groups is 1. The Morgan fingerprint density at radius 3 is 2.72 bits per heavy atom. The first-order chi connectivity index (χ1) is 8.66. The topological polar surface area (TPSA) is 58.4 Å². The molecule has 0 radical (unpaired) electrons. The summed E-state index contributed by atoms with van der Waals surface area (Å²) in [5.74, 6) is 0.317. The molecule has 1 saturated heterocycles.